The third-order valence-electron chi connectivity index (χ3n) is 2.74. The number of carbonyl (C=O) groups excluding carboxylic acids is 1. The summed E-state index contributed by atoms with van der Waals surface area (Å²) >= 11 is 0. The second-order valence-electron chi connectivity index (χ2n) is 3.89. The number of aliphatic carboxylic acids is 1. The fraction of sp³-hybridized carbons (Fsp3) is 0.364. The largest absolute Gasteiger partial charge is 0.480 e. The van der Waals surface area contributed by atoms with Crippen molar-refractivity contribution in [2.75, 3.05) is 24.7 Å². The number of amides is 1. The summed E-state index contributed by atoms with van der Waals surface area (Å²) in [5.74, 6) is -1.61. The average molecular weight is 251 g/mol. The molecule has 1 aromatic heterocycles. The van der Waals surface area contributed by atoms with Gasteiger partial charge in [0.2, 0.25) is 0 Å². The number of primary amides is 1. The van der Waals surface area contributed by atoms with Crippen LogP contribution in [0, 0.1) is 0 Å². The van der Waals surface area contributed by atoms with E-state index in [1.807, 2.05) is 0 Å². The van der Waals surface area contributed by atoms with Crippen molar-refractivity contribution in [2.24, 2.45) is 5.73 Å². The van der Waals surface area contributed by atoms with Gasteiger partial charge in [-0.2, -0.15) is 0 Å². The zero-order valence-electron chi connectivity index (χ0n) is 9.57. The van der Waals surface area contributed by atoms with Gasteiger partial charge in [-0.15, -0.1) is 0 Å². The summed E-state index contributed by atoms with van der Waals surface area (Å²) in [5.41, 5.74) is 5.87. The van der Waals surface area contributed by atoms with Crippen LogP contribution >= 0.6 is 0 Å². The smallest absolute Gasteiger partial charge is 0.328 e. The first-order valence-corrected chi connectivity index (χ1v) is 5.42. The standard InChI is InChI=1S/C11H13N3O4/c12-10(15)8-5-7(1-2-13-8)14-3-4-18-6-9(14)11(16)17/h1-2,5,9H,3-4,6H2,(H2,12,15)(H,16,17). The number of carbonyl (C=O) groups is 2. The van der Waals surface area contributed by atoms with Crippen molar-refractivity contribution < 1.29 is 19.4 Å². The molecular formula is C11H13N3O4. The van der Waals surface area contributed by atoms with Gasteiger partial charge < -0.3 is 20.5 Å². The molecule has 1 aromatic rings. The molecule has 0 radical (unpaired) electrons. The van der Waals surface area contributed by atoms with Gasteiger partial charge in [0.05, 0.1) is 13.2 Å². The van der Waals surface area contributed by atoms with Crippen molar-refractivity contribution in [3.8, 4) is 0 Å². The zero-order chi connectivity index (χ0) is 13.1. The Morgan fingerprint density at radius 1 is 1.56 bits per heavy atom. The molecule has 0 spiro atoms. The van der Waals surface area contributed by atoms with E-state index in [1.165, 1.54) is 12.3 Å². The minimum atomic E-state index is -0.966. The van der Waals surface area contributed by atoms with Crippen LogP contribution in [0.3, 0.4) is 0 Å². The number of carboxylic acids is 1. The molecule has 1 fully saturated rings. The maximum Gasteiger partial charge on any atom is 0.328 e. The molecule has 1 saturated heterocycles. The number of aromatic nitrogens is 1. The van der Waals surface area contributed by atoms with E-state index < -0.39 is 17.9 Å². The average Bonchev–Trinajstić information content (AvgIpc) is 2.39. The normalized spacial score (nSPS) is 19.6. The van der Waals surface area contributed by atoms with Crippen molar-refractivity contribution in [1.29, 1.82) is 0 Å². The molecule has 7 heteroatoms. The molecule has 18 heavy (non-hydrogen) atoms. The Balaban J connectivity index is 2.30. The lowest BCUT2D eigenvalue weighted by Crippen LogP contribution is -2.50. The van der Waals surface area contributed by atoms with Gasteiger partial charge in [0, 0.05) is 18.4 Å². The molecule has 1 aliphatic heterocycles. The Bertz CT molecular complexity index is 477. The number of hydrogen-bond acceptors (Lipinski definition) is 5. The number of nitrogens with two attached hydrogens (primary N) is 1. The Morgan fingerprint density at radius 2 is 2.33 bits per heavy atom. The Hall–Kier alpha value is -2.15. The van der Waals surface area contributed by atoms with Gasteiger partial charge in [-0.05, 0) is 12.1 Å². The van der Waals surface area contributed by atoms with Gasteiger partial charge in [0.15, 0.2) is 6.04 Å². The summed E-state index contributed by atoms with van der Waals surface area (Å²) in [4.78, 5) is 27.7. The highest BCUT2D eigenvalue weighted by Crippen LogP contribution is 2.20. The zero-order valence-corrected chi connectivity index (χ0v) is 9.57. The highest BCUT2D eigenvalue weighted by molar-refractivity contribution is 5.92. The molecule has 3 N–H and O–H groups in total. The molecule has 1 atom stereocenters. The van der Waals surface area contributed by atoms with Gasteiger partial charge >= 0.3 is 5.97 Å². The third kappa shape index (κ3) is 2.40. The van der Waals surface area contributed by atoms with Crippen molar-refractivity contribution in [2.45, 2.75) is 6.04 Å². The molecule has 1 aliphatic rings. The molecule has 1 amide bonds. The van der Waals surface area contributed by atoms with Crippen LogP contribution in [-0.2, 0) is 9.53 Å². The number of nitrogens with zero attached hydrogens (tertiary/aromatic N) is 2. The topological polar surface area (TPSA) is 106 Å². The van der Waals surface area contributed by atoms with Crippen LogP contribution in [0.1, 0.15) is 10.5 Å². The molecule has 1 unspecified atom stereocenters. The van der Waals surface area contributed by atoms with E-state index in [1.54, 1.807) is 11.0 Å². The first-order chi connectivity index (χ1) is 8.59. The molecule has 0 bridgehead atoms. The highest BCUT2D eigenvalue weighted by atomic mass is 16.5. The summed E-state index contributed by atoms with van der Waals surface area (Å²) in [6, 6.07) is 2.37. The fourth-order valence-corrected chi connectivity index (χ4v) is 1.85. The number of pyridine rings is 1. The SMILES string of the molecule is NC(=O)c1cc(N2CCOCC2C(=O)O)ccn1. The predicted octanol–water partition coefficient (Wildman–Crippen LogP) is -0.530. The second kappa shape index (κ2) is 5.01. The van der Waals surface area contributed by atoms with Crippen LogP contribution in [-0.4, -0.2) is 47.8 Å². The van der Waals surface area contributed by atoms with Gasteiger partial charge in [-0.25, -0.2) is 4.79 Å². The summed E-state index contributed by atoms with van der Waals surface area (Å²) in [7, 11) is 0. The predicted molar refractivity (Wildman–Crippen MR) is 62.3 cm³/mol. The van der Waals surface area contributed by atoms with Crippen molar-refractivity contribution in [1.82, 2.24) is 4.98 Å². The first kappa shape index (κ1) is 12.3. The van der Waals surface area contributed by atoms with E-state index in [0.717, 1.165) is 0 Å². The lowest BCUT2D eigenvalue weighted by Gasteiger charge is -2.34. The molecule has 7 nitrogen and oxygen atoms in total. The van der Waals surface area contributed by atoms with Crippen LogP contribution in [0.5, 0.6) is 0 Å². The summed E-state index contributed by atoms with van der Waals surface area (Å²) in [6.07, 6.45) is 1.43. The maximum atomic E-state index is 11.1. The summed E-state index contributed by atoms with van der Waals surface area (Å²) in [6.45, 7) is 1.00. The highest BCUT2D eigenvalue weighted by Gasteiger charge is 2.29. The van der Waals surface area contributed by atoms with Crippen LogP contribution in [0.2, 0.25) is 0 Å². The number of anilines is 1. The van der Waals surface area contributed by atoms with Gasteiger partial charge in [-0.1, -0.05) is 0 Å². The van der Waals surface area contributed by atoms with Gasteiger partial charge in [0.1, 0.15) is 5.69 Å². The van der Waals surface area contributed by atoms with Crippen LogP contribution in [0.15, 0.2) is 18.3 Å². The lowest BCUT2D eigenvalue weighted by atomic mass is 10.2. The van der Waals surface area contributed by atoms with Crippen LogP contribution in [0.25, 0.3) is 0 Å². The van der Waals surface area contributed by atoms with Gasteiger partial charge in [0.25, 0.3) is 5.91 Å². The fourth-order valence-electron chi connectivity index (χ4n) is 1.85. The minimum Gasteiger partial charge on any atom is -0.480 e. The minimum absolute atomic E-state index is 0.114. The number of ether oxygens (including phenoxy) is 1. The molecular weight excluding hydrogens is 238 g/mol. The lowest BCUT2D eigenvalue weighted by molar-refractivity contribution is -0.141. The van der Waals surface area contributed by atoms with Crippen molar-refractivity contribution >= 4 is 17.6 Å². The van der Waals surface area contributed by atoms with Crippen LogP contribution in [0.4, 0.5) is 5.69 Å². The molecule has 96 valence electrons. The number of carboxylic acid groups (broad SMARTS) is 1. The van der Waals surface area contributed by atoms with E-state index in [9.17, 15) is 9.59 Å². The first-order valence-electron chi connectivity index (χ1n) is 5.42. The van der Waals surface area contributed by atoms with E-state index in [2.05, 4.69) is 4.98 Å². The Kier molecular flexibility index (Phi) is 3.42. The molecule has 0 aliphatic carbocycles. The van der Waals surface area contributed by atoms with Crippen molar-refractivity contribution in [3.63, 3.8) is 0 Å². The van der Waals surface area contributed by atoms with E-state index in [4.69, 9.17) is 15.6 Å². The van der Waals surface area contributed by atoms with E-state index in [-0.39, 0.29) is 12.3 Å². The molecule has 0 aromatic carbocycles. The maximum absolute atomic E-state index is 11.1. The van der Waals surface area contributed by atoms with Crippen molar-refractivity contribution in [3.05, 3.63) is 24.0 Å². The third-order valence-corrected chi connectivity index (χ3v) is 2.74. The monoisotopic (exact) mass is 251 g/mol. The quantitative estimate of drug-likeness (QED) is 0.748. The number of morpholine rings is 1. The van der Waals surface area contributed by atoms with Gasteiger partial charge in [-0.3, -0.25) is 9.78 Å². The number of rotatable bonds is 3. The van der Waals surface area contributed by atoms with E-state index in [0.29, 0.717) is 18.8 Å². The molecule has 2 heterocycles. The Labute approximate surface area is 103 Å². The second-order valence-corrected chi connectivity index (χ2v) is 3.89. The summed E-state index contributed by atoms with van der Waals surface area (Å²) < 4.78 is 5.14. The van der Waals surface area contributed by atoms with E-state index >= 15 is 0 Å². The molecule has 0 saturated carbocycles. The summed E-state index contributed by atoms with van der Waals surface area (Å²) in [5, 5.41) is 9.12. The molecule has 2 rings (SSSR count). The Morgan fingerprint density at radius 3 is 3.00 bits per heavy atom. The van der Waals surface area contributed by atoms with Crippen LogP contribution < -0.4 is 10.6 Å². The number of hydrogen-bond donors (Lipinski definition) is 2.